The number of nitrogens with one attached hydrogen (secondary N) is 2. The molecule has 0 radical (unpaired) electrons. The maximum atomic E-state index is 14.0. The average Bonchev–Trinajstić information content (AvgIpc) is 3.82. The van der Waals surface area contributed by atoms with Crippen molar-refractivity contribution in [2.24, 2.45) is 11.8 Å². The van der Waals surface area contributed by atoms with Gasteiger partial charge in [0.2, 0.25) is 5.91 Å². The molecule has 10 nitrogen and oxygen atoms in total. The Morgan fingerprint density at radius 1 is 1.00 bits per heavy atom. The van der Waals surface area contributed by atoms with Crippen molar-refractivity contribution in [1.29, 1.82) is 0 Å². The van der Waals surface area contributed by atoms with Gasteiger partial charge in [0.05, 0.1) is 19.1 Å². The molecule has 0 aromatic heterocycles. The lowest BCUT2D eigenvalue weighted by Crippen LogP contribution is -2.52. The Hall–Kier alpha value is -3.94. The Morgan fingerprint density at radius 2 is 1.67 bits per heavy atom. The molecule has 2 atom stereocenters. The van der Waals surface area contributed by atoms with Gasteiger partial charge in [-0.25, -0.2) is 4.79 Å². The lowest BCUT2D eigenvalue weighted by Gasteiger charge is -2.39. The molecule has 1 saturated carbocycles. The summed E-state index contributed by atoms with van der Waals surface area (Å²) >= 11 is 6.17. The molecule has 3 aliphatic rings. The van der Waals surface area contributed by atoms with Crippen molar-refractivity contribution in [2.45, 2.75) is 83.5 Å². The molecule has 264 valence electrons. The number of fused-ring (bicyclic) bond motifs is 1. The Morgan fingerprint density at radius 3 is 2.35 bits per heavy atom. The summed E-state index contributed by atoms with van der Waals surface area (Å²) in [7, 11) is 0. The third-order valence-corrected chi connectivity index (χ3v) is 9.18. The van der Waals surface area contributed by atoms with E-state index in [-0.39, 0.29) is 37.5 Å². The number of carbonyl (C=O) groups is 3. The molecule has 11 heteroatoms. The molecule has 5 rings (SSSR count). The molecule has 1 unspecified atom stereocenters. The molecule has 3 amide bonds. The van der Waals surface area contributed by atoms with E-state index in [0.717, 1.165) is 17.9 Å². The van der Waals surface area contributed by atoms with Gasteiger partial charge in [-0.1, -0.05) is 55.8 Å². The summed E-state index contributed by atoms with van der Waals surface area (Å²) in [6.07, 6.45) is 5.40. The predicted octanol–water partition coefficient (Wildman–Crippen LogP) is 6.05. The minimum atomic E-state index is -0.835. The van der Waals surface area contributed by atoms with E-state index in [1.807, 2.05) is 29.2 Å². The highest BCUT2D eigenvalue weighted by molar-refractivity contribution is 6.30. The number of hydrogen-bond acceptors (Lipinski definition) is 7. The molecule has 2 aliphatic heterocycles. The minimum Gasteiger partial charge on any atom is -0.448 e. The third-order valence-electron chi connectivity index (χ3n) is 8.93. The van der Waals surface area contributed by atoms with Crippen molar-refractivity contribution in [2.75, 3.05) is 39.4 Å². The van der Waals surface area contributed by atoms with Gasteiger partial charge < -0.3 is 34.5 Å². The summed E-state index contributed by atoms with van der Waals surface area (Å²) in [6, 6.07) is 13.1. The van der Waals surface area contributed by atoms with Crippen molar-refractivity contribution in [1.82, 2.24) is 15.5 Å². The van der Waals surface area contributed by atoms with Crippen molar-refractivity contribution in [3.05, 3.63) is 58.6 Å². The van der Waals surface area contributed by atoms with Crippen LogP contribution in [0, 0.1) is 23.7 Å². The van der Waals surface area contributed by atoms with Crippen molar-refractivity contribution in [3.8, 4) is 23.3 Å². The molecule has 2 N–H and O–H groups in total. The smallest absolute Gasteiger partial charge is 0.407 e. The molecule has 0 bridgehead atoms. The lowest BCUT2D eigenvalue weighted by molar-refractivity contribution is -0.148. The molecule has 2 aromatic rings. The van der Waals surface area contributed by atoms with Gasteiger partial charge in [0.15, 0.2) is 11.5 Å². The first kappa shape index (κ1) is 36.3. The number of ether oxygens (including phenoxy) is 4. The van der Waals surface area contributed by atoms with Crippen LogP contribution < -0.4 is 20.1 Å². The summed E-state index contributed by atoms with van der Waals surface area (Å²) in [5, 5.41) is 5.97. The summed E-state index contributed by atoms with van der Waals surface area (Å²) in [4.78, 5) is 39.8. The van der Waals surface area contributed by atoms with Gasteiger partial charge in [-0.2, -0.15) is 0 Å². The van der Waals surface area contributed by atoms with Crippen LogP contribution in [-0.4, -0.2) is 73.6 Å². The maximum Gasteiger partial charge on any atom is 0.407 e. The second-order valence-corrected chi connectivity index (χ2v) is 14.6. The SMILES string of the molecule is CC(CCC1CC1)[C@H](C(=O)N1CCC2(CC1)Oc1ccc(C#CC(=O)NCCOCCNC(=O)OC(C)(C)C)cc1O2)c1ccc(Cl)cc1. The predicted molar refractivity (Wildman–Crippen MR) is 187 cm³/mol. The van der Waals surface area contributed by atoms with Crippen LogP contribution in [0.15, 0.2) is 42.5 Å². The Kier molecular flexibility index (Phi) is 12.0. The second kappa shape index (κ2) is 16.2. The van der Waals surface area contributed by atoms with Crippen LogP contribution in [0.25, 0.3) is 0 Å². The number of alkyl carbamates (subject to hydrolysis) is 1. The summed E-state index contributed by atoms with van der Waals surface area (Å²) in [5.74, 6) is 6.39. The van der Waals surface area contributed by atoms with Crippen LogP contribution in [0.2, 0.25) is 5.02 Å². The topological polar surface area (TPSA) is 115 Å². The fourth-order valence-corrected chi connectivity index (χ4v) is 6.27. The molecule has 2 heterocycles. The molecule has 1 saturated heterocycles. The highest BCUT2D eigenvalue weighted by Gasteiger charge is 2.46. The summed E-state index contributed by atoms with van der Waals surface area (Å²) < 4.78 is 23.2. The normalized spacial score (nSPS) is 17.4. The zero-order valence-corrected chi connectivity index (χ0v) is 29.7. The van der Waals surface area contributed by atoms with Crippen LogP contribution in [-0.2, 0) is 19.1 Å². The van der Waals surface area contributed by atoms with E-state index in [1.165, 1.54) is 19.3 Å². The fourth-order valence-electron chi connectivity index (χ4n) is 6.15. The molecule has 1 spiro atoms. The first-order chi connectivity index (χ1) is 23.4. The van der Waals surface area contributed by atoms with E-state index in [2.05, 4.69) is 29.4 Å². The molecule has 1 aliphatic carbocycles. The van der Waals surface area contributed by atoms with E-state index < -0.39 is 23.4 Å². The van der Waals surface area contributed by atoms with Crippen LogP contribution in [0.1, 0.15) is 83.3 Å². The van der Waals surface area contributed by atoms with E-state index >= 15 is 0 Å². The quantitative estimate of drug-likeness (QED) is 0.206. The van der Waals surface area contributed by atoms with Crippen molar-refractivity contribution in [3.63, 3.8) is 0 Å². The van der Waals surface area contributed by atoms with Gasteiger partial charge in [-0.05, 0) is 74.9 Å². The number of halogens is 1. The summed E-state index contributed by atoms with van der Waals surface area (Å²) in [6.45, 7) is 9.79. The first-order valence-electron chi connectivity index (χ1n) is 17.3. The fraction of sp³-hybridized carbons (Fsp3) is 0.553. The zero-order chi connectivity index (χ0) is 35.0. The van der Waals surface area contributed by atoms with E-state index in [9.17, 15) is 14.4 Å². The van der Waals surface area contributed by atoms with E-state index in [0.29, 0.717) is 54.6 Å². The number of rotatable bonds is 12. The number of likely N-dealkylation sites (tertiary alicyclic amines) is 1. The van der Waals surface area contributed by atoms with Crippen LogP contribution in [0.5, 0.6) is 11.5 Å². The van der Waals surface area contributed by atoms with Gasteiger partial charge in [0.25, 0.3) is 11.7 Å². The number of carbonyl (C=O) groups excluding carboxylic acids is 3. The minimum absolute atomic E-state index is 0.147. The molecular formula is C38H48ClN3O7. The van der Waals surface area contributed by atoms with Crippen LogP contribution in [0.3, 0.4) is 0 Å². The van der Waals surface area contributed by atoms with Gasteiger partial charge in [0.1, 0.15) is 5.60 Å². The van der Waals surface area contributed by atoms with E-state index in [4.69, 9.17) is 30.5 Å². The number of amides is 3. The number of piperidine rings is 1. The van der Waals surface area contributed by atoms with Gasteiger partial charge in [-0.15, -0.1) is 0 Å². The average molecular weight is 694 g/mol. The molecular weight excluding hydrogens is 646 g/mol. The van der Waals surface area contributed by atoms with Gasteiger partial charge in [0, 0.05) is 55.5 Å². The largest absolute Gasteiger partial charge is 0.448 e. The first-order valence-corrected chi connectivity index (χ1v) is 17.7. The van der Waals surface area contributed by atoms with Gasteiger partial charge >= 0.3 is 6.09 Å². The maximum absolute atomic E-state index is 14.0. The molecule has 2 aromatic carbocycles. The Bertz CT molecular complexity index is 1530. The van der Waals surface area contributed by atoms with Gasteiger partial charge in [-0.3, -0.25) is 9.59 Å². The Labute approximate surface area is 294 Å². The van der Waals surface area contributed by atoms with Crippen molar-refractivity contribution < 1.29 is 33.3 Å². The van der Waals surface area contributed by atoms with Crippen molar-refractivity contribution >= 4 is 29.5 Å². The Balaban J connectivity index is 1.07. The third kappa shape index (κ3) is 10.8. The molecule has 49 heavy (non-hydrogen) atoms. The van der Waals surface area contributed by atoms with E-state index in [1.54, 1.807) is 39.0 Å². The highest BCUT2D eigenvalue weighted by atomic mass is 35.5. The number of nitrogens with zero attached hydrogens (tertiary/aromatic N) is 1. The van der Waals surface area contributed by atoms with Crippen LogP contribution >= 0.6 is 11.6 Å². The standard InChI is InChI=1S/C38H48ClN3O7/c1-26(5-6-27-7-8-27)34(29-11-13-30(39)14-12-29)35(44)42-21-17-38(18-22-42)47-31-15-9-28(25-32(31)48-38)10-16-33(43)40-19-23-46-24-20-41-36(45)49-37(2,3)4/h9,11-15,25-27,34H,5-8,17-24H2,1-4H3,(H,40,43)(H,41,45)/t26?,34-/m0/s1. The van der Waals surface area contributed by atoms with Crippen LogP contribution in [0.4, 0.5) is 4.79 Å². The number of hydrogen-bond donors (Lipinski definition) is 2. The second-order valence-electron chi connectivity index (χ2n) is 14.2. The summed E-state index contributed by atoms with van der Waals surface area (Å²) in [5.41, 5.74) is 1.08. The lowest BCUT2D eigenvalue weighted by atomic mass is 9.82. The molecule has 2 fully saturated rings. The number of benzene rings is 2. The zero-order valence-electron chi connectivity index (χ0n) is 28.9. The highest BCUT2D eigenvalue weighted by Crippen LogP contribution is 2.45. The monoisotopic (exact) mass is 693 g/mol.